The minimum Gasteiger partial charge on any atom is -0.748 e. The van der Waals surface area contributed by atoms with E-state index in [1.54, 1.807) is 0 Å². The number of nitrogens with zero attached hydrogens (tertiary/aromatic N) is 2. The van der Waals surface area contributed by atoms with Gasteiger partial charge in [-0.15, -0.1) is 20.1 Å². The monoisotopic (exact) mass is 823 g/mol. The summed E-state index contributed by atoms with van der Waals surface area (Å²) in [5, 5.41) is 6.31. The molecule has 4 aliphatic rings. The average molecular weight is 825 g/mol. The summed E-state index contributed by atoms with van der Waals surface area (Å²) in [4.78, 5) is 2.41. The van der Waals surface area contributed by atoms with Crippen LogP contribution in [-0.4, -0.2) is 84.8 Å². The Morgan fingerprint density at radius 1 is 0.852 bits per heavy atom. The van der Waals surface area contributed by atoms with E-state index in [9.17, 15) is 25.9 Å². The number of hydrogen-bond donors (Lipinski definition) is 1. The molecule has 1 spiro atoms. The molecule has 0 radical (unpaired) electrons. The zero-order chi connectivity index (χ0) is 38.4. The van der Waals surface area contributed by atoms with E-state index in [0.717, 1.165) is 61.6 Å². The topological polar surface area (TPSA) is 115 Å². The summed E-state index contributed by atoms with van der Waals surface area (Å²) in [5.74, 6) is -0.426. The second-order valence-electron chi connectivity index (χ2n) is 15.2. The molecule has 3 heterocycles. The largest absolute Gasteiger partial charge is 0.748 e. The molecule has 0 amide bonds. The van der Waals surface area contributed by atoms with Crippen molar-refractivity contribution in [2.24, 2.45) is 0 Å². The van der Waals surface area contributed by atoms with Crippen LogP contribution < -0.4 is 4.48 Å². The minimum atomic E-state index is -4.35. The van der Waals surface area contributed by atoms with E-state index in [2.05, 4.69) is 102 Å². The molecule has 0 bridgehead atoms. The van der Waals surface area contributed by atoms with Gasteiger partial charge in [-0.1, -0.05) is 72.3 Å². The van der Waals surface area contributed by atoms with Gasteiger partial charge in [-0.05, 0) is 71.9 Å². The number of rotatable bonds is 8. The number of allylic oxidation sites excluding steroid dienone is 6. The lowest BCUT2D eigenvalue weighted by molar-refractivity contribution is -0.437. The highest BCUT2D eigenvalue weighted by atomic mass is 35.5. The first kappa shape index (κ1) is 37.7. The smallest absolute Gasteiger partial charge is 0.320 e. The summed E-state index contributed by atoms with van der Waals surface area (Å²) in [5.41, 5.74) is 3.95. The van der Waals surface area contributed by atoms with Gasteiger partial charge in [-0.2, -0.15) is 13.0 Å². The highest BCUT2D eigenvalue weighted by Gasteiger charge is 2.65. The summed E-state index contributed by atoms with van der Waals surface area (Å²) in [7, 11) is -11.9. The molecule has 0 aromatic heterocycles. The van der Waals surface area contributed by atoms with Crippen LogP contribution in [0.25, 0.3) is 21.5 Å². The van der Waals surface area contributed by atoms with Crippen LogP contribution in [0.4, 0.5) is 11.4 Å². The molecule has 2 unspecified atom stereocenters. The number of hydrogen-bond acceptors (Lipinski definition) is 5. The van der Waals surface area contributed by atoms with Gasteiger partial charge in [0, 0.05) is 52.3 Å². The van der Waals surface area contributed by atoms with Gasteiger partial charge in [0.2, 0.25) is 16.1 Å². The Bertz CT molecular complexity index is 2680. The van der Waals surface area contributed by atoms with Crippen LogP contribution in [0, 0.1) is 0 Å². The molecule has 2 atom stereocenters. The molecule has 0 saturated carbocycles. The van der Waals surface area contributed by atoms with E-state index < -0.39 is 51.4 Å². The highest BCUT2D eigenvalue weighted by molar-refractivity contribution is 8.45. The Kier molecular flexibility index (Phi) is 9.22. The van der Waals surface area contributed by atoms with Crippen molar-refractivity contribution in [1.29, 1.82) is 0 Å². The van der Waals surface area contributed by atoms with E-state index in [4.69, 9.17) is 11.6 Å². The maximum Gasteiger partial charge on any atom is 0.320 e. The van der Waals surface area contributed by atoms with Crippen LogP contribution in [0.3, 0.4) is 0 Å². The number of fused-ring (bicyclic) bond motifs is 7. The molecule has 4 aromatic rings. The zero-order valence-electron chi connectivity index (χ0n) is 30.7. The van der Waals surface area contributed by atoms with E-state index in [0.29, 0.717) is 24.5 Å². The third-order valence-corrected chi connectivity index (χ3v) is 20.0. The lowest BCUT2D eigenvalue weighted by atomic mass is 10.0. The molecule has 54 heavy (non-hydrogen) atoms. The molecule has 13 heteroatoms. The van der Waals surface area contributed by atoms with Crippen molar-refractivity contribution in [3.63, 3.8) is 0 Å². The van der Waals surface area contributed by atoms with Crippen molar-refractivity contribution < 1.29 is 30.5 Å². The fraction of sp³-hybridized carbons (Fsp3) is 0.293. The van der Waals surface area contributed by atoms with Gasteiger partial charge in [0.25, 0.3) is 0 Å². The molecule has 1 N–H and O–H groups in total. The molecule has 284 valence electrons. The summed E-state index contributed by atoms with van der Waals surface area (Å²) < 4.78 is 73.2. The molecule has 1 saturated heterocycles. The Morgan fingerprint density at radius 3 is 2.13 bits per heavy atom. The molecule has 3 aliphatic heterocycles. The number of halogens is 1. The summed E-state index contributed by atoms with van der Waals surface area (Å²) in [6.07, 6.45) is 19.3. The second kappa shape index (κ2) is 13.2. The van der Waals surface area contributed by atoms with Gasteiger partial charge >= 0.3 is 10.1 Å². The Labute approximate surface area is 325 Å². The van der Waals surface area contributed by atoms with Crippen molar-refractivity contribution in [1.82, 2.24) is 4.48 Å². The number of benzene rings is 4. The maximum atomic E-state index is 12.9. The predicted molar refractivity (Wildman–Crippen MR) is 226 cm³/mol. The third kappa shape index (κ3) is 5.96. The number of quaternary nitrogens is 1. The van der Waals surface area contributed by atoms with Crippen LogP contribution in [-0.2, 0) is 20.2 Å². The molecular formula is C41H44ClN2O6S4+. The summed E-state index contributed by atoms with van der Waals surface area (Å²) in [6, 6.07) is 24.8. The van der Waals surface area contributed by atoms with Crippen LogP contribution in [0.1, 0.15) is 25.7 Å². The van der Waals surface area contributed by atoms with Crippen molar-refractivity contribution >= 4 is 89.9 Å². The van der Waals surface area contributed by atoms with Crippen molar-refractivity contribution in [3.05, 3.63) is 118 Å². The Morgan fingerprint density at radius 2 is 1.50 bits per heavy atom. The van der Waals surface area contributed by atoms with Gasteiger partial charge in [-0.25, -0.2) is 12.9 Å². The fourth-order valence-corrected chi connectivity index (χ4v) is 17.2. The van der Waals surface area contributed by atoms with Crippen LogP contribution in [0.2, 0.25) is 0 Å². The van der Waals surface area contributed by atoms with Gasteiger partial charge in [0.15, 0.2) is 17.3 Å². The van der Waals surface area contributed by atoms with E-state index >= 15 is 0 Å². The van der Waals surface area contributed by atoms with Crippen molar-refractivity contribution in [2.45, 2.75) is 40.8 Å². The first-order chi connectivity index (χ1) is 25.5. The van der Waals surface area contributed by atoms with Gasteiger partial charge in [0.05, 0.1) is 32.9 Å². The Hall–Kier alpha value is -3.20. The molecule has 8 rings (SSSR count). The van der Waals surface area contributed by atoms with E-state index in [1.165, 1.54) is 15.2 Å². The SMILES string of the molecule is CS1(C)C(C=CC2=C(Cl)/C(=C/C=C3[N+]4(CCC4S(=O)(=O)O)c4ccc5ccccc5c4S3(C)C)CC2)=[N+](CCCS(=O)(=O)[O-])c2ccc3ccccc3c21. The molecule has 1 fully saturated rings. The molecule has 4 aromatic carbocycles. The lowest BCUT2D eigenvalue weighted by Crippen LogP contribution is -2.67. The highest BCUT2D eigenvalue weighted by Crippen LogP contribution is 2.73. The predicted octanol–water partition coefficient (Wildman–Crippen LogP) is 9.08. The average Bonchev–Trinajstić information content (AvgIpc) is 3.63. The maximum absolute atomic E-state index is 12.9. The lowest BCUT2D eigenvalue weighted by Gasteiger charge is -2.49. The van der Waals surface area contributed by atoms with Gasteiger partial charge < -0.3 is 4.55 Å². The van der Waals surface area contributed by atoms with E-state index in [1.807, 2.05) is 24.3 Å². The summed E-state index contributed by atoms with van der Waals surface area (Å²) in [6.45, 7) is 0.985. The third-order valence-electron chi connectivity index (χ3n) is 11.6. The normalized spacial score (nSPS) is 26.0. The minimum absolute atomic E-state index is 0.119. The van der Waals surface area contributed by atoms with Crippen molar-refractivity contribution in [2.75, 3.05) is 43.9 Å². The van der Waals surface area contributed by atoms with Gasteiger partial charge in [-0.3, -0.25) is 4.55 Å². The summed E-state index contributed by atoms with van der Waals surface area (Å²) >= 11 is 7.16. The van der Waals surface area contributed by atoms with E-state index in [-0.39, 0.29) is 10.9 Å². The standard InChI is InChI=1S/C41H43ClN2O6S4/c1-51(2)36(43(25-9-27-53(45,46)47)34-20-16-28-10-5-7-12-32(28)40(34)51)22-18-30-14-15-31(39(30)42)19-23-37-44(26-24-38(44)54(48,49)50)35-21-17-29-11-6-8-13-33(29)41(35)52(37,3)4/h5-8,10-13,16-23,38H,9,14-15,24-27H2,1-4H3/p+1/b22-18?,31-19+,37-23?. The fourth-order valence-electron chi connectivity index (χ4n) is 9.13. The van der Waals surface area contributed by atoms with Crippen molar-refractivity contribution in [3.8, 4) is 0 Å². The van der Waals surface area contributed by atoms with Crippen LogP contribution >= 0.6 is 31.7 Å². The Balaban J connectivity index is 1.19. The zero-order valence-corrected chi connectivity index (χ0v) is 34.7. The first-order valence-corrected chi connectivity index (χ1v) is 26.2. The molecule has 8 nitrogen and oxygen atoms in total. The van der Waals surface area contributed by atoms with Crippen LogP contribution in [0.5, 0.6) is 0 Å². The first-order valence-electron chi connectivity index (χ1n) is 17.9. The quantitative estimate of drug-likeness (QED) is 0.108. The molecular weight excluding hydrogens is 780 g/mol. The van der Waals surface area contributed by atoms with Gasteiger partial charge in [0.1, 0.15) is 0 Å². The molecule has 1 aliphatic carbocycles. The van der Waals surface area contributed by atoms with Crippen LogP contribution in [0.15, 0.2) is 128 Å². The second-order valence-corrected chi connectivity index (χ2v) is 25.7.